The maximum atomic E-state index is 13.6. The number of anilines is 1. The van der Waals surface area contributed by atoms with Crippen LogP contribution in [-0.2, 0) is 0 Å². The Hall–Kier alpha value is -1.21. The molecule has 1 aromatic carbocycles. The molecule has 0 amide bonds. The molecule has 0 bridgehead atoms. The van der Waals surface area contributed by atoms with Crippen molar-refractivity contribution in [2.45, 2.75) is 31.7 Å². The average molecular weight is 347 g/mol. The van der Waals surface area contributed by atoms with Crippen LogP contribution < -0.4 is 5.32 Å². The van der Waals surface area contributed by atoms with Gasteiger partial charge in [0, 0.05) is 30.7 Å². The number of nitro benzene ring substituents is 1. The lowest BCUT2D eigenvalue weighted by Gasteiger charge is -2.31. The molecule has 0 spiro atoms. The number of aliphatic hydroxyl groups excluding tert-OH is 1. The van der Waals surface area contributed by atoms with Crippen molar-refractivity contribution in [3.05, 3.63) is 32.5 Å². The summed E-state index contributed by atoms with van der Waals surface area (Å²) in [7, 11) is 0. The Labute approximate surface area is 124 Å². The molecule has 0 heterocycles. The van der Waals surface area contributed by atoms with E-state index in [1.807, 2.05) is 0 Å². The van der Waals surface area contributed by atoms with Crippen LogP contribution in [0.3, 0.4) is 0 Å². The highest BCUT2D eigenvalue weighted by atomic mass is 79.9. The van der Waals surface area contributed by atoms with Crippen LogP contribution in [-0.4, -0.2) is 22.7 Å². The van der Waals surface area contributed by atoms with Gasteiger partial charge in [-0.25, -0.2) is 4.39 Å². The summed E-state index contributed by atoms with van der Waals surface area (Å²) in [6, 6.07) is 2.23. The van der Waals surface area contributed by atoms with E-state index in [9.17, 15) is 19.6 Å². The second-order valence-electron chi connectivity index (χ2n) is 5.02. The summed E-state index contributed by atoms with van der Waals surface area (Å²) in [5.74, 6) is -0.496. The second-order valence-corrected chi connectivity index (χ2v) is 5.87. The van der Waals surface area contributed by atoms with Crippen LogP contribution >= 0.6 is 15.9 Å². The van der Waals surface area contributed by atoms with E-state index in [1.54, 1.807) is 0 Å². The molecule has 20 heavy (non-hydrogen) atoms. The summed E-state index contributed by atoms with van der Waals surface area (Å²) >= 11 is 2.95. The zero-order valence-corrected chi connectivity index (χ0v) is 12.4. The Morgan fingerprint density at radius 3 is 2.80 bits per heavy atom. The highest BCUT2D eigenvalue weighted by molar-refractivity contribution is 9.10. The summed E-state index contributed by atoms with van der Waals surface area (Å²) in [4.78, 5) is 10.5. The highest BCUT2D eigenvalue weighted by Crippen LogP contribution is 2.34. The van der Waals surface area contributed by atoms with Gasteiger partial charge in [0.1, 0.15) is 11.5 Å². The first-order valence-corrected chi connectivity index (χ1v) is 7.33. The van der Waals surface area contributed by atoms with Crippen molar-refractivity contribution in [3.8, 4) is 0 Å². The van der Waals surface area contributed by atoms with Gasteiger partial charge in [-0.05, 0) is 28.8 Å². The molecule has 0 aliphatic heterocycles. The van der Waals surface area contributed by atoms with Gasteiger partial charge in [-0.3, -0.25) is 10.1 Å². The standard InChI is InChI=1S/C13H16BrFN2O3/c14-9-5-13(17(19)20)12(6-10(9)15)16-11-4-2-1-3-8(11)7-18/h5-6,8,11,16,18H,1-4,7H2. The van der Waals surface area contributed by atoms with Crippen molar-refractivity contribution in [3.63, 3.8) is 0 Å². The van der Waals surface area contributed by atoms with Crippen LogP contribution in [0.4, 0.5) is 15.8 Å². The van der Waals surface area contributed by atoms with Gasteiger partial charge < -0.3 is 10.4 Å². The molecule has 1 aliphatic rings. The van der Waals surface area contributed by atoms with Gasteiger partial charge in [0.25, 0.3) is 5.69 Å². The number of benzene rings is 1. The van der Waals surface area contributed by atoms with E-state index in [-0.39, 0.29) is 34.4 Å². The lowest BCUT2D eigenvalue weighted by atomic mass is 9.85. The molecule has 7 heteroatoms. The fourth-order valence-corrected chi connectivity index (χ4v) is 2.95. The molecule has 5 nitrogen and oxygen atoms in total. The van der Waals surface area contributed by atoms with Gasteiger partial charge in [-0.15, -0.1) is 0 Å². The smallest absolute Gasteiger partial charge is 0.293 e. The molecular formula is C13H16BrFN2O3. The third kappa shape index (κ3) is 3.27. The Morgan fingerprint density at radius 2 is 2.15 bits per heavy atom. The van der Waals surface area contributed by atoms with Gasteiger partial charge in [-0.2, -0.15) is 0 Å². The minimum absolute atomic E-state index is 0.0322. The summed E-state index contributed by atoms with van der Waals surface area (Å²) in [6.07, 6.45) is 3.74. The number of aliphatic hydroxyl groups is 1. The molecule has 2 unspecified atom stereocenters. The van der Waals surface area contributed by atoms with Crippen molar-refractivity contribution in [2.24, 2.45) is 5.92 Å². The third-order valence-electron chi connectivity index (χ3n) is 3.72. The minimum atomic E-state index is -0.547. The van der Waals surface area contributed by atoms with Gasteiger partial charge >= 0.3 is 0 Å². The summed E-state index contributed by atoms with van der Waals surface area (Å²) in [5.41, 5.74) is 0.00147. The predicted octanol–water partition coefficient (Wildman–Crippen LogP) is 3.46. The number of nitrogens with zero attached hydrogens (tertiary/aromatic N) is 1. The maximum Gasteiger partial charge on any atom is 0.293 e. The number of hydrogen-bond donors (Lipinski definition) is 2. The number of nitro groups is 1. The predicted molar refractivity (Wildman–Crippen MR) is 77.2 cm³/mol. The Morgan fingerprint density at radius 1 is 1.45 bits per heavy atom. The molecule has 1 aliphatic carbocycles. The fraction of sp³-hybridized carbons (Fsp3) is 0.538. The topological polar surface area (TPSA) is 75.4 Å². The zero-order valence-electron chi connectivity index (χ0n) is 10.8. The second kappa shape index (κ2) is 6.49. The van der Waals surface area contributed by atoms with E-state index in [2.05, 4.69) is 21.2 Å². The lowest BCUT2D eigenvalue weighted by Crippen LogP contribution is -2.34. The van der Waals surface area contributed by atoms with E-state index in [4.69, 9.17) is 0 Å². The van der Waals surface area contributed by atoms with E-state index >= 15 is 0 Å². The van der Waals surface area contributed by atoms with Crippen LogP contribution in [0.2, 0.25) is 0 Å². The van der Waals surface area contributed by atoms with Gasteiger partial charge in [-0.1, -0.05) is 12.8 Å². The fourth-order valence-electron chi connectivity index (χ4n) is 2.62. The first kappa shape index (κ1) is 15.2. The minimum Gasteiger partial charge on any atom is -0.396 e. The van der Waals surface area contributed by atoms with Crippen molar-refractivity contribution >= 4 is 27.3 Å². The molecule has 1 aromatic rings. The quantitative estimate of drug-likeness (QED) is 0.646. The molecule has 110 valence electrons. The van der Waals surface area contributed by atoms with Gasteiger partial charge in [0.15, 0.2) is 0 Å². The van der Waals surface area contributed by atoms with Crippen LogP contribution in [0.25, 0.3) is 0 Å². The zero-order chi connectivity index (χ0) is 14.7. The molecular weight excluding hydrogens is 331 g/mol. The van der Waals surface area contributed by atoms with E-state index in [0.717, 1.165) is 37.8 Å². The molecule has 0 radical (unpaired) electrons. The Bertz CT molecular complexity index is 513. The van der Waals surface area contributed by atoms with E-state index in [0.29, 0.717) is 0 Å². The van der Waals surface area contributed by atoms with Crippen molar-refractivity contribution < 1.29 is 14.4 Å². The molecule has 1 fully saturated rings. The maximum absolute atomic E-state index is 13.6. The Balaban J connectivity index is 2.27. The summed E-state index contributed by atoms with van der Waals surface area (Å²) in [5, 5.41) is 23.4. The van der Waals surface area contributed by atoms with Gasteiger partial charge in [0.05, 0.1) is 9.40 Å². The van der Waals surface area contributed by atoms with Crippen molar-refractivity contribution in [1.82, 2.24) is 0 Å². The normalized spacial score (nSPS) is 22.6. The SMILES string of the molecule is O=[N+]([O-])c1cc(Br)c(F)cc1NC1CCCCC1CO. The Kier molecular flexibility index (Phi) is 4.93. The van der Waals surface area contributed by atoms with Crippen LogP contribution in [0, 0.1) is 21.8 Å². The number of nitrogens with one attached hydrogen (secondary N) is 1. The van der Waals surface area contributed by atoms with Gasteiger partial charge in [0.2, 0.25) is 0 Å². The number of rotatable bonds is 4. The van der Waals surface area contributed by atoms with Crippen molar-refractivity contribution in [1.29, 1.82) is 0 Å². The molecule has 0 aromatic heterocycles. The number of halogens is 2. The largest absolute Gasteiger partial charge is 0.396 e. The molecule has 2 atom stereocenters. The highest BCUT2D eigenvalue weighted by Gasteiger charge is 2.27. The molecule has 2 rings (SSSR count). The lowest BCUT2D eigenvalue weighted by molar-refractivity contribution is -0.384. The first-order valence-electron chi connectivity index (χ1n) is 6.53. The molecule has 1 saturated carbocycles. The summed E-state index contributed by atoms with van der Waals surface area (Å²) < 4.78 is 13.7. The van der Waals surface area contributed by atoms with Crippen molar-refractivity contribution in [2.75, 3.05) is 11.9 Å². The molecule has 2 N–H and O–H groups in total. The summed E-state index contributed by atoms with van der Waals surface area (Å²) in [6.45, 7) is 0.0322. The third-order valence-corrected chi connectivity index (χ3v) is 4.33. The van der Waals surface area contributed by atoms with Crippen LogP contribution in [0.1, 0.15) is 25.7 Å². The average Bonchev–Trinajstić information content (AvgIpc) is 2.43. The molecule has 0 saturated heterocycles. The van der Waals surface area contributed by atoms with E-state index in [1.165, 1.54) is 0 Å². The monoisotopic (exact) mass is 346 g/mol. The first-order chi connectivity index (χ1) is 9.52. The number of hydrogen-bond acceptors (Lipinski definition) is 4. The van der Waals surface area contributed by atoms with E-state index < -0.39 is 10.7 Å². The van der Waals surface area contributed by atoms with Crippen LogP contribution in [0.15, 0.2) is 16.6 Å². The van der Waals surface area contributed by atoms with Crippen LogP contribution in [0.5, 0.6) is 0 Å².